The Morgan fingerprint density at radius 3 is 2.28 bits per heavy atom. The molecule has 0 bridgehead atoms. The lowest BCUT2D eigenvalue weighted by molar-refractivity contribution is -0.122. The predicted octanol–water partition coefficient (Wildman–Crippen LogP) is 4.22. The Morgan fingerprint density at radius 2 is 1.72 bits per heavy atom. The van der Waals surface area contributed by atoms with Gasteiger partial charge in [-0.05, 0) is 61.9 Å². The lowest BCUT2D eigenvalue weighted by Crippen LogP contribution is -2.49. The third-order valence-corrected chi connectivity index (χ3v) is 7.75. The summed E-state index contributed by atoms with van der Waals surface area (Å²) in [6.45, 7) is 3.57. The van der Waals surface area contributed by atoms with Crippen LogP contribution in [0.1, 0.15) is 26.7 Å². The van der Waals surface area contributed by atoms with Gasteiger partial charge in [0.2, 0.25) is 15.9 Å². The van der Waals surface area contributed by atoms with Gasteiger partial charge in [-0.15, -0.1) is 0 Å². The van der Waals surface area contributed by atoms with Gasteiger partial charge in [0.25, 0.3) is 5.91 Å². The molecular formula is C20H20BrClN2O4S. The van der Waals surface area contributed by atoms with Crippen molar-refractivity contribution in [1.29, 1.82) is 0 Å². The van der Waals surface area contributed by atoms with Gasteiger partial charge < -0.3 is 0 Å². The van der Waals surface area contributed by atoms with E-state index in [-0.39, 0.29) is 11.3 Å². The molecule has 0 radical (unpaired) electrons. The summed E-state index contributed by atoms with van der Waals surface area (Å²) in [5, 5.41) is 0.410. The number of amides is 2. The highest BCUT2D eigenvalue weighted by Gasteiger charge is 2.48. The van der Waals surface area contributed by atoms with Crippen LogP contribution >= 0.6 is 27.5 Å². The molecule has 0 saturated carbocycles. The van der Waals surface area contributed by atoms with Crippen LogP contribution in [-0.2, 0) is 19.6 Å². The quantitative estimate of drug-likeness (QED) is 0.558. The molecule has 1 fully saturated rings. The van der Waals surface area contributed by atoms with Gasteiger partial charge in [0.05, 0.1) is 17.0 Å². The first-order chi connectivity index (χ1) is 13.7. The number of halogens is 2. The third-order valence-electron chi connectivity index (χ3n) is 4.93. The number of anilines is 1. The molecule has 2 aromatic carbocycles. The molecule has 9 heteroatoms. The molecule has 0 N–H and O–H groups in total. The Balaban J connectivity index is 2.01. The number of carbonyl (C=O) groups excluding carboxylic acids is 2. The largest absolute Gasteiger partial charge is 0.274 e. The van der Waals surface area contributed by atoms with Crippen molar-refractivity contribution in [2.75, 3.05) is 4.90 Å². The Kier molecular flexibility index (Phi) is 6.48. The van der Waals surface area contributed by atoms with Gasteiger partial charge in [0.15, 0.2) is 0 Å². The van der Waals surface area contributed by atoms with E-state index in [2.05, 4.69) is 15.9 Å². The average Bonchev–Trinajstić information content (AvgIpc) is 2.96. The lowest BCUT2D eigenvalue weighted by Gasteiger charge is -2.31. The van der Waals surface area contributed by atoms with Gasteiger partial charge in [-0.3, -0.25) is 9.59 Å². The number of carbonyl (C=O) groups is 2. The minimum absolute atomic E-state index is 0.0320. The predicted molar refractivity (Wildman–Crippen MR) is 115 cm³/mol. The maximum atomic E-state index is 13.4. The first kappa shape index (κ1) is 22.0. The molecule has 154 valence electrons. The van der Waals surface area contributed by atoms with E-state index >= 15 is 0 Å². The summed E-state index contributed by atoms with van der Waals surface area (Å²) in [6.07, 6.45) is 0.287. The van der Waals surface area contributed by atoms with Crippen molar-refractivity contribution in [3.05, 3.63) is 58.0 Å². The normalized spacial score (nSPS) is 18.5. The summed E-state index contributed by atoms with van der Waals surface area (Å²) in [6, 6.07) is 10.9. The lowest BCUT2D eigenvalue weighted by atomic mass is 10.2. The minimum atomic E-state index is -4.01. The highest BCUT2D eigenvalue weighted by molar-refractivity contribution is 9.10. The van der Waals surface area contributed by atoms with Gasteiger partial charge >= 0.3 is 0 Å². The van der Waals surface area contributed by atoms with Crippen molar-refractivity contribution in [3.8, 4) is 0 Å². The monoisotopic (exact) mass is 498 g/mol. The molecule has 1 saturated heterocycles. The highest BCUT2D eigenvalue weighted by Crippen LogP contribution is 2.32. The topological polar surface area (TPSA) is 74.8 Å². The fourth-order valence-corrected chi connectivity index (χ4v) is 5.53. The number of imide groups is 1. The first-order valence-corrected chi connectivity index (χ1v) is 11.7. The molecule has 2 unspecified atom stereocenters. The molecule has 2 aromatic rings. The molecule has 1 aliphatic rings. The molecule has 1 heterocycles. The summed E-state index contributed by atoms with van der Waals surface area (Å²) in [7, 11) is -4.01. The van der Waals surface area contributed by atoms with Crippen LogP contribution in [0.3, 0.4) is 0 Å². The van der Waals surface area contributed by atoms with E-state index in [1.54, 1.807) is 31.2 Å². The Bertz CT molecular complexity index is 1030. The number of hydrogen-bond acceptors (Lipinski definition) is 4. The van der Waals surface area contributed by atoms with Gasteiger partial charge in [-0.25, -0.2) is 13.3 Å². The van der Waals surface area contributed by atoms with Crippen molar-refractivity contribution in [2.45, 2.75) is 43.7 Å². The van der Waals surface area contributed by atoms with Crippen LogP contribution in [-0.4, -0.2) is 36.6 Å². The number of benzene rings is 2. The van der Waals surface area contributed by atoms with E-state index in [0.717, 1.165) is 13.7 Å². The van der Waals surface area contributed by atoms with E-state index in [1.807, 2.05) is 6.92 Å². The van der Waals surface area contributed by atoms with Crippen molar-refractivity contribution in [2.24, 2.45) is 0 Å². The fourth-order valence-electron chi connectivity index (χ4n) is 3.30. The Hall–Kier alpha value is -1.74. The van der Waals surface area contributed by atoms with E-state index in [1.165, 1.54) is 24.3 Å². The van der Waals surface area contributed by atoms with Gasteiger partial charge in [0, 0.05) is 15.5 Å². The molecule has 2 atom stereocenters. The molecule has 0 spiro atoms. The number of hydrogen-bond donors (Lipinski definition) is 0. The standard InChI is InChI=1S/C20H20BrClN2O4S/c1-3-13(2)24(29(27,28)17-10-6-15(22)7-11-17)18-12-19(25)23(20(18)26)16-8-4-14(21)5-9-16/h4-11,13,18H,3,12H2,1-2H3. The van der Waals surface area contributed by atoms with Crippen LogP contribution in [0.5, 0.6) is 0 Å². The summed E-state index contributed by atoms with van der Waals surface area (Å²) in [4.78, 5) is 26.9. The zero-order valence-corrected chi connectivity index (χ0v) is 19.0. The summed E-state index contributed by atoms with van der Waals surface area (Å²) >= 11 is 9.20. The van der Waals surface area contributed by atoms with E-state index < -0.39 is 33.9 Å². The van der Waals surface area contributed by atoms with Crippen LogP contribution in [0.2, 0.25) is 5.02 Å². The summed E-state index contributed by atoms with van der Waals surface area (Å²) in [5.41, 5.74) is 0.415. The van der Waals surface area contributed by atoms with Crippen LogP contribution in [0.25, 0.3) is 0 Å². The molecule has 6 nitrogen and oxygen atoms in total. The SMILES string of the molecule is CCC(C)N(C1CC(=O)N(c2ccc(Br)cc2)C1=O)S(=O)(=O)c1ccc(Cl)cc1. The zero-order valence-electron chi connectivity index (χ0n) is 15.9. The molecule has 2 amide bonds. The molecule has 3 rings (SSSR count). The number of sulfonamides is 1. The van der Waals surface area contributed by atoms with E-state index in [4.69, 9.17) is 11.6 Å². The Morgan fingerprint density at radius 1 is 1.14 bits per heavy atom. The van der Waals surface area contributed by atoms with Crippen LogP contribution < -0.4 is 4.90 Å². The molecule has 29 heavy (non-hydrogen) atoms. The van der Waals surface area contributed by atoms with E-state index in [0.29, 0.717) is 17.1 Å². The van der Waals surface area contributed by atoms with Crippen molar-refractivity contribution < 1.29 is 18.0 Å². The zero-order chi connectivity index (χ0) is 21.3. The maximum absolute atomic E-state index is 13.4. The maximum Gasteiger partial charge on any atom is 0.252 e. The van der Waals surface area contributed by atoms with Crippen molar-refractivity contribution in [1.82, 2.24) is 4.31 Å². The van der Waals surface area contributed by atoms with Crippen LogP contribution in [0.4, 0.5) is 5.69 Å². The first-order valence-electron chi connectivity index (χ1n) is 9.08. The van der Waals surface area contributed by atoms with Crippen molar-refractivity contribution in [3.63, 3.8) is 0 Å². The fraction of sp³-hybridized carbons (Fsp3) is 0.300. The van der Waals surface area contributed by atoms with E-state index in [9.17, 15) is 18.0 Å². The number of rotatable bonds is 6. The highest BCUT2D eigenvalue weighted by atomic mass is 79.9. The second kappa shape index (κ2) is 8.55. The minimum Gasteiger partial charge on any atom is -0.274 e. The molecule has 0 aromatic heterocycles. The Labute approximate surface area is 183 Å². The second-order valence-corrected chi connectivity index (χ2v) is 10.0. The summed E-state index contributed by atoms with van der Waals surface area (Å²) < 4.78 is 28.7. The molecule has 0 aliphatic carbocycles. The van der Waals surface area contributed by atoms with Crippen LogP contribution in [0.15, 0.2) is 57.9 Å². The van der Waals surface area contributed by atoms with Crippen molar-refractivity contribution >= 4 is 55.1 Å². The molecular weight excluding hydrogens is 480 g/mol. The van der Waals surface area contributed by atoms with Gasteiger partial charge in [0.1, 0.15) is 6.04 Å². The third kappa shape index (κ3) is 4.26. The molecule has 1 aliphatic heterocycles. The van der Waals surface area contributed by atoms with Gasteiger partial charge in [-0.1, -0.05) is 34.5 Å². The smallest absolute Gasteiger partial charge is 0.252 e. The number of nitrogens with zero attached hydrogens (tertiary/aromatic N) is 2. The second-order valence-electron chi connectivity index (χ2n) is 6.81. The van der Waals surface area contributed by atoms with Crippen LogP contribution in [0, 0.1) is 0 Å². The summed E-state index contributed by atoms with van der Waals surface area (Å²) in [5.74, 6) is -0.975. The van der Waals surface area contributed by atoms with Gasteiger partial charge in [-0.2, -0.15) is 4.31 Å². The average molecular weight is 500 g/mol.